The van der Waals surface area contributed by atoms with Crippen LogP contribution in [0.3, 0.4) is 0 Å². The molecule has 2 atom stereocenters. The zero-order chi connectivity index (χ0) is 51.4. The number of hydrogen-bond donors (Lipinski definition) is 3. The van der Waals surface area contributed by atoms with Gasteiger partial charge in [-0.3, -0.25) is 9.59 Å². The van der Waals surface area contributed by atoms with Crippen LogP contribution in [0.15, 0.2) is 36.5 Å². The summed E-state index contributed by atoms with van der Waals surface area (Å²) in [4.78, 5) is 24.5. The van der Waals surface area contributed by atoms with Gasteiger partial charge in [-0.1, -0.05) is 281 Å². The maximum atomic E-state index is 12.4. The Hall–Kier alpha value is -1.92. The van der Waals surface area contributed by atoms with Gasteiger partial charge in [-0.2, -0.15) is 0 Å². The molecule has 0 radical (unpaired) electrons. The Morgan fingerprint density at radius 3 is 1.03 bits per heavy atom. The fourth-order valence-corrected chi connectivity index (χ4v) is 9.74. The van der Waals surface area contributed by atoms with Crippen molar-refractivity contribution in [2.24, 2.45) is 0 Å². The fourth-order valence-electron chi connectivity index (χ4n) is 9.74. The second kappa shape index (κ2) is 60.6. The Kier molecular flexibility index (Phi) is 59.0. The van der Waals surface area contributed by atoms with Gasteiger partial charge in [-0.15, -0.1) is 0 Å². The molecule has 0 aromatic carbocycles. The normalized spacial score (nSPS) is 12.8. The predicted molar refractivity (Wildman–Crippen MR) is 310 cm³/mol. The lowest BCUT2D eigenvalue weighted by Gasteiger charge is -2.20. The van der Waals surface area contributed by atoms with E-state index in [2.05, 4.69) is 43.5 Å². The first-order valence-electron chi connectivity index (χ1n) is 31.8. The maximum Gasteiger partial charge on any atom is 0.305 e. The van der Waals surface area contributed by atoms with E-state index in [-0.39, 0.29) is 18.5 Å². The largest absolute Gasteiger partial charge is 0.466 e. The van der Waals surface area contributed by atoms with Crippen LogP contribution < -0.4 is 5.32 Å². The first kappa shape index (κ1) is 69.1. The Bertz CT molecular complexity index is 1150. The first-order valence-corrected chi connectivity index (χ1v) is 31.8. The molecule has 6 heteroatoms. The number of hydrogen-bond acceptors (Lipinski definition) is 5. The molecule has 71 heavy (non-hydrogen) atoms. The van der Waals surface area contributed by atoms with Gasteiger partial charge in [0, 0.05) is 12.8 Å². The number of esters is 1. The summed E-state index contributed by atoms with van der Waals surface area (Å²) in [6.07, 6.45) is 76.3. The second-order valence-electron chi connectivity index (χ2n) is 21.7. The molecule has 0 saturated carbocycles. The number of unbranched alkanes of at least 4 members (excludes halogenated alkanes) is 44. The molecule has 0 spiro atoms. The highest BCUT2D eigenvalue weighted by molar-refractivity contribution is 5.76. The molecule has 0 bridgehead atoms. The molecule has 0 aromatic rings. The van der Waals surface area contributed by atoms with Crippen molar-refractivity contribution in [2.75, 3.05) is 13.2 Å². The summed E-state index contributed by atoms with van der Waals surface area (Å²) in [5.41, 5.74) is 0. The predicted octanol–water partition coefficient (Wildman–Crippen LogP) is 20.0. The van der Waals surface area contributed by atoms with Gasteiger partial charge in [-0.25, -0.2) is 0 Å². The third-order valence-corrected chi connectivity index (χ3v) is 14.6. The SMILES string of the molecule is CCCCC/C=C\CCCCCCCC(=O)OCCCCCCCCCCCCCC/C=C\CCCCCCCCCCCCCCCC(=O)NC(CO)C(O)/C=C/CCCCCCCCCCCCC. The summed E-state index contributed by atoms with van der Waals surface area (Å²) < 4.78 is 5.47. The number of carbonyl (C=O) groups is 2. The smallest absolute Gasteiger partial charge is 0.305 e. The molecule has 0 saturated heterocycles. The number of rotatable bonds is 59. The molecule has 0 aromatic heterocycles. The number of aliphatic hydroxyl groups excluding tert-OH is 2. The van der Waals surface area contributed by atoms with E-state index in [1.807, 2.05) is 6.08 Å². The van der Waals surface area contributed by atoms with Gasteiger partial charge in [-0.05, 0) is 83.5 Å². The topological polar surface area (TPSA) is 95.9 Å². The molecular weight excluding hydrogens is 875 g/mol. The molecule has 2 unspecified atom stereocenters. The van der Waals surface area contributed by atoms with E-state index in [9.17, 15) is 19.8 Å². The van der Waals surface area contributed by atoms with Crippen molar-refractivity contribution in [3.8, 4) is 0 Å². The van der Waals surface area contributed by atoms with Gasteiger partial charge >= 0.3 is 5.97 Å². The van der Waals surface area contributed by atoms with Crippen LogP contribution in [-0.2, 0) is 14.3 Å². The van der Waals surface area contributed by atoms with Crippen LogP contribution >= 0.6 is 0 Å². The maximum absolute atomic E-state index is 12.4. The minimum Gasteiger partial charge on any atom is -0.466 e. The molecule has 1 amide bonds. The van der Waals surface area contributed by atoms with Crippen LogP contribution in [0.5, 0.6) is 0 Å². The van der Waals surface area contributed by atoms with Crippen molar-refractivity contribution in [3.63, 3.8) is 0 Å². The molecule has 0 aliphatic heterocycles. The summed E-state index contributed by atoms with van der Waals surface area (Å²) in [5, 5.41) is 23.1. The second-order valence-corrected chi connectivity index (χ2v) is 21.7. The van der Waals surface area contributed by atoms with Gasteiger partial charge in [0.25, 0.3) is 0 Å². The van der Waals surface area contributed by atoms with E-state index in [1.54, 1.807) is 6.08 Å². The zero-order valence-electron chi connectivity index (χ0n) is 47.7. The van der Waals surface area contributed by atoms with E-state index >= 15 is 0 Å². The van der Waals surface area contributed by atoms with Gasteiger partial charge < -0.3 is 20.3 Å². The summed E-state index contributed by atoms with van der Waals surface area (Å²) in [6.45, 7) is 4.89. The number of ether oxygens (including phenoxy) is 1. The zero-order valence-corrected chi connectivity index (χ0v) is 47.7. The van der Waals surface area contributed by atoms with E-state index in [1.165, 1.54) is 270 Å². The average molecular weight is 999 g/mol. The van der Waals surface area contributed by atoms with Crippen molar-refractivity contribution >= 4 is 11.9 Å². The minimum atomic E-state index is -0.843. The molecule has 3 N–H and O–H groups in total. The summed E-state index contributed by atoms with van der Waals surface area (Å²) in [7, 11) is 0. The molecule has 0 heterocycles. The van der Waals surface area contributed by atoms with Gasteiger partial charge in [0.1, 0.15) is 0 Å². The highest BCUT2D eigenvalue weighted by Gasteiger charge is 2.18. The Morgan fingerprint density at radius 2 is 0.662 bits per heavy atom. The Morgan fingerprint density at radius 1 is 0.380 bits per heavy atom. The summed E-state index contributed by atoms with van der Waals surface area (Å²) in [5.74, 6) is -0.0607. The molecule has 0 aliphatic carbocycles. The number of aliphatic hydroxyl groups is 2. The van der Waals surface area contributed by atoms with E-state index in [0.717, 1.165) is 44.9 Å². The van der Waals surface area contributed by atoms with E-state index < -0.39 is 12.1 Å². The fraction of sp³-hybridized carbons (Fsp3) is 0.877. The number of amides is 1. The molecule has 0 fully saturated rings. The van der Waals surface area contributed by atoms with Crippen LogP contribution in [0.1, 0.15) is 341 Å². The number of carbonyl (C=O) groups excluding carboxylic acids is 2. The summed E-state index contributed by atoms with van der Waals surface area (Å²) in [6, 6.07) is -0.626. The average Bonchev–Trinajstić information content (AvgIpc) is 3.37. The Balaban J connectivity index is 3.38. The third kappa shape index (κ3) is 57.2. The molecular formula is C65H123NO5. The van der Waals surface area contributed by atoms with Crippen LogP contribution in [0, 0.1) is 0 Å². The quantitative estimate of drug-likeness (QED) is 0.0321. The van der Waals surface area contributed by atoms with Crippen LogP contribution in [0.4, 0.5) is 0 Å². The van der Waals surface area contributed by atoms with Crippen molar-refractivity contribution < 1.29 is 24.5 Å². The van der Waals surface area contributed by atoms with Crippen LogP contribution in [0.2, 0.25) is 0 Å². The third-order valence-electron chi connectivity index (χ3n) is 14.6. The van der Waals surface area contributed by atoms with E-state index in [0.29, 0.717) is 19.4 Å². The van der Waals surface area contributed by atoms with Crippen LogP contribution in [0.25, 0.3) is 0 Å². The first-order chi connectivity index (χ1) is 35.0. The summed E-state index contributed by atoms with van der Waals surface area (Å²) >= 11 is 0. The van der Waals surface area contributed by atoms with Gasteiger partial charge in [0.05, 0.1) is 25.4 Å². The van der Waals surface area contributed by atoms with Crippen LogP contribution in [-0.4, -0.2) is 47.4 Å². The molecule has 418 valence electrons. The van der Waals surface area contributed by atoms with E-state index in [4.69, 9.17) is 4.74 Å². The monoisotopic (exact) mass is 998 g/mol. The minimum absolute atomic E-state index is 0.00592. The lowest BCUT2D eigenvalue weighted by Crippen LogP contribution is -2.45. The Labute approximate surface area is 443 Å². The molecule has 0 aliphatic rings. The van der Waals surface area contributed by atoms with Crippen molar-refractivity contribution in [1.82, 2.24) is 5.32 Å². The number of nitrogens with one attached hydrogen (secondary N) is 1. The standard InChI is InChI=1S/C65H123NO5/c1-3-5-7-9-11-13-15-34-37-41-45-49-53-57-63(68)62(61-67)66-64(69)58-54-50-46-42-38-35-32-30-28-26-24-22-20-18-17-19-21-23-25-27-29-31-33-36-40-44-48-52-56-60-71-65(70)59-55-51-47-43-39-16-14-12-10-8-6-4-2/h12,14,17,19,53,57,62-63,67-68H,3-11,13,15-16,18,20-52,54-56,58-61H2,1-2H3,(H,66,69)/b14-12-,19-17-,57-53+. The van der Waals surface area contributed by atoms with Gasteiger partial charge in [0.2, 0.25) is 5.91 Å². The van der Waals surface area contributed by atoms with Gasteiger partial charge in [0.15, 0.2) is 0 Å². The molecule has 6 nitrogen and oxygen atoms in total. The number of allylic oxidation sites excluding steroid dienone is 5. The van der Waals surface area contributed by atoms with Crippen molar-refractivity contribution in [1.29, 1.82) is 0 Å². The molecule has 0 rings (SSSR count). The highest BCUT2D eigenvalue weighted by atomic mass is 16.5. The lowest BCUT2D eigenvalue weighted by atomic mass is 10.0. The lowest BCUT2D eigenvalue weighted by molar-refractivity contribution is -0.143. The van der Waals surface area contributed by atoms with Crippen molar-refractivity contribution in [2.45, 2.75) is 353 Å². The van der Waals surface area contributed by atoms with Crippen molar-refractivity contribution in [3.05, 3.63) is 36.5 Å². The highest BCUT2D eigenvalue weighted by Crippen LogP contribution is 2.17.